The van der Waals surface area contributed by atoms with Crippen molar-refractivity contribution in [2.24, 2.45) is 0 Å². The molecule has 4 nitrogen and oxygen atoms in total. The highest BCUT2D eigenvalue weighted by Gasteiger charge is 2.13. The van der Waals surface area contributed by atoms with Crippen LogP contribution < -0.4 is 5.32 Å². The van der Waals surface area contributed by atoms with E-state index in [1.807, 2.05) is 6.92 Å². The molecule has 1 aromatic rings. The Morgan fingerprint density at radius 2 is 1.89 bits per heavy atom. The molecule has 0 saturated heterocycles. The van der Waals surface area contributed by atoms with Gasteiger partial charge in [-0.15, -0.1) is 0 Å². The van der Waals surface area contributed by atoms with Crippen LogP contribution in [0.4, 0.5) is 0 Å². The molecule has 0 aliphatic heterocycles. The van der Waals surface area contributed by atoms with E-state index >= 15 is 0 Å². The minimum Gasteiger partial charge on any atom is -0.350 e. The molecule has 0 aromatic heterocycles. The molecule has 0 heterocycles. The third kappa shape index (κ3) is 5.20. The first kappa shape index (κ1) is 16.0. The minimum atomic E-state index is -3.74. The van der Waals surface area contributed by atoms with Crippen molar-refractivity contribution in [2.45, 2.75) is 44.0 Å². The van der Waals surface area contributed by atoms with Crippen LogP contribution in [0, 0.1) is 0 Å². The first-order valence-corrected chi connectivity index (χ1v) is 8.51. The largest absolute Gasteiger partial charge is 0.350 e. The summed E-state index contributed by atoms with van der Waals surface area (Å²) < 4.78 is 22.1. The molecule has 6 heteroatoms. The standard InChI is InChI=1S/C13H18ClNO3S/c1-3-4-5-10(2)15-13(16)11-6-8-12(9-7-11)19(14,17)18/h6-10H,3-5H2,1-2H3,(H,15,16). The highest BCUT2D eigenvalue weighted by Crippen LogP contribution is 2.15. The van der Waals surface area contributed by atoms with E-state index in [4.69, 9.17) is 10.7 Å². The van der Waals surface area contributed by atoms with Crippen LogP contribution in [0.2, 0.25) is 0 Å². The summed E-state index contributed by atoms with van der Waals surface area (Å²) in [6.45, 7) is 4.05. The van der Waals surface area contributed by atoms with Crippen LogP contribution in [0.3, 0.4) is 0 Å². The molecule has 106 valence electrons. The maximum Gasteiger partial charge on any atom is 0.261 e. The summed E-state index contributed by atoms with van der Waals surface area (Å²) in [4.78, 5) is 11.9. The van der Waals surface area contributed by atoms with E-state index in [2.05, 4.69) is 12.2 Å². The highest BCUT2D eigenvalue weighted by atomic mass is 35.7. The fraction of sp³-hybridized carbons (Fsp3) is 0.462. The fourth-order valence-electron chi connectivity index (χ4n) is 1.66. The zero-order valence-electron chi connectivity index (χ0n) is 11.0. The second-order valence-corrected chi connectivity index (χ2v) is 7.04. The van der Waals surface area contributed by atoms with E-state index in [0.29, 0.717) is 5.56 Å². The van der Waals surface area contributed by atoms with Gasteiger partial charge in [0.1, 0.15) is 0 Å². The number of hydrogen-bond donors (Lipinski definition) is 1. The van der Waals surface area contributed by atoms with E-state index in [0.717, 1.165) is 19.3 Å². The molecule has 0 spiro atoms. The average Bonchev–Trinajstić information content (AvgIpc) is 2.35. The summed E-state index contributed by atoms with van der Waals surface area (Å²) in [5.41, 5.74) is 0.424. The molecule has 1 unspecified atom stereocenters. The van der Waals surface area contributed by atoms with Crippen LogP contribution in [0.5, 0.6) is 0 Å². The monoisotopic (exact) mass is 303 g/mol. The smallest absolute Gasteiger partial charge is 0.261 e. The van der Waals surface area contributed by atoms with E-state index in [-0.39, 0.29) is 16.8 Å². The third-order valence-corrected chi connectivity index (χ3v) is 4.14. The molecule has 1 aromatic carbocycles. The molecular weight excluding hydrogens is 286 g/mol. The van der Waals surface area contributed by atoms with Gasteiger partial charge in [0.2, 0.25) is 0 Å². The number of hydrogen-bond acceptors (Lipinski definition) is 3. The average molecular weight is 304 g/mol. The molecule has 0 saturated carbocycles. The predicted molar refractivity (Wildman–Crippen MR) is 75.9 cm³/mol. The van der Waals surface area contributed by atoms with E-state index in [1.165, 1.54) is 24.3 Å². The maximum absolute atomic E-state index is 11.9. The van der Waals surface area contributed by atoms with Crippen LogP contribution in [-0.2, 0) is 9.05 Å². The summed E-state index contributed by atoms with van der Waals surface area (Å²) >= 11 is 0. The third-order valence-electron chi connectivity index (χ3n) is 2.77. The molecule has 1 N–H and O–H groups in total. The summed E-state index contributed by atoms with van der Waals surface area (Å²) in [5, 5.41) is 2.87. The molecule has 0 bridgehead atoms. The first-order chi connectivity index (χ1) is 8.84. The second-order valence-electron chi connectivity index (χ2n) is 4.48. The molecule has 1 atom stereocenters. The van der Waals surface area contributed by atoms with Crippen LogP contribution >= 0.6 is 10.7 Å². The molecule has 1 amide bonds. The van der Waals surface area contributed by atoms with Crippen molar-refractivity contribution in [2.75, 3.05) is 0 Å². The highest BCUT2D eigenvalue weighted by molar-refractivity contribution is 8.13. The lowest BCUT2D eigenvalue weighted by atomic mass is 10.1. The summed E-state index contributed by atoms with van der Waals surface area (Å²) in [7, 11) is 1.46. The van der Waals surface area contributed by atoms with Crippen molar-refractivity contribution in [3.63, 3.8) is 0 Å². The topological polar surface area (TPSA) is 63.2 Å². The van der Waals surface area contributed by atoms with Crippen molar-refractivity contribution in [3.05, 3.63) is 29.8 Å². The zero-order valence-corrected chi connectivity index (χ0v) is 12.6. The summed E-state index contributed by atoms with van der Waals surface area (Å²) in [6.07, 6.45) is 3.07. The van der Waals surface area contributed by atoms with Gasteiger partial charge in [0.25, 0.3) is 15.0 Å². The van der Waals surface area contributed by atoms with Gasteiger partial charge in [-0.05, 0) is 37.6 Å². The van der Waals surface area contributed by atoms with Gasteiger partial charge in [-0.2, -0.15) is 0 Å². The maximum atomic E-state index is 11.9. The summed E-state index contributed by atoms with van der Waals surface area (Å²) in [5.74, 6) is -0.206. The predicted octanol–water partition coefficient (Wildman–Crippen LogP) is 2.92. The Morgan fingerprint density at radius 1 is 1.32 bits per heavy atom. The van der Waals surface area contributed by atoms with E-state index < -0.39 is 9.05 Å². The number of rotatable bonds is 6. The molecule has 0 radical (unpaired) electrons. The first-order valence-electron chi connectivity index (χ1n) is 6.20. The Hall–Kier alpha value is -1.07. The molecule has 1 rings (SSSR count). The number of amides is 1. The molecule has 0 fully saturated rings. The number of unbranched alkanes of at least 4 members (excludes halogenated alkanes) is 1. The Balaban J connectivity index is 2.68. The lowest BCUT2D eigenvalue weighted by Crippen LogP contribution is -2.32. The number of nitrogens with one attached hydrogen (secondary N) is 1. The van der Waals surface area contributed by atoms with Crippen LogP contribution in [0.15, 0.2) is 29.2 Å². The van der Waals surface area contributed by atoms with Crippen molar-refractivity contribution in [1.29, 1.82) is 0 Å². The lowest BCUT2D eigenvalue weighted by molar-refractivity contribution is 0.0938. The van der Waals surface area contributed by atoms with Crippen LogP contribution in [0.1, 0.15) is 43.5 Å². The van der Waals surface area contributed by atoms with Crippen molar-refractivity contribution in [1.82, 2.24) is 5.32 Å². The van der Waals surface area contributed by atoms with Crippen molar-refractivity contribution >= 4 is 25.6 Å². The normalized spacial score (nSPS) is 13.0. The van der Waals surface area contributed by atoms with E-state index in [1.54, 1.807) is 0 Å². The summed E-state index contributed by atoms with van der Waals surface area (Å²) in [6, 6.07) is 5.67. The SMILES string of the molecule is CCCCC(C)NC(=O)c1ccc(S(=O)(=O)Cl)cc1. The number of halogens is 1. The number of benzene rings is 1. The Kier molecular flexibility index (Phi) is 5.82. The molecule has 0 aliphatic carbocycles. The lowest BCUT2D eigenvalue weighted by Gasteiger charge is -2.13. The van der Waals surface area contributed by atoms with Gasteiger partial charge in [0.15, 0.2) is 0 Å². The van der Waals surface area contributed by atoms with Gasteiger partial charge in [0.05, 0.1) is 4.90 Å². The van der Waals surface area contributed by atoms with Crippen LogP contribution in [0.25, 0.3) is 0 Å². The minimum absolute atomic E-state index is 0.00949. The van der Waals surface area contributed by atoms with Gasteiger partial charge < -0.3 is 5.32 Å². The van der Waals surface area contributed by atoms with Gasteiger partial charge in [0, 0.05) is 22.3 Å². The quantitative estimate of drug-likeness (QED) is 0.822. The zero-order chi connectivity index (χ0) is 14.5. The van der Waals surface area contributed by atoms with Crippen LogP contribution in [-0.4, -0.2) is 20.4 Å². The molecular formula is C13H18ClNO3S. The Bertz CT molecular complexity index is 525. The van der Waals surface area contributed by atoms with Crippen molar-refractivity contribution in [3.8, 4) is 0 Å². The van der Waals surface area contributed by atoms with E-state index in [9.17, 15) is 13.2 Å². The van der Waals surface area contributed by atoms with Gasteiger partial charge >= 0.3 is 0 Å². The molecule has 19 heavy (non-hydrogen) atoms. The Morgan fingerprint density at radius 3 is 2.37 bits per heavy atom. The fourth-order valence-corrected chi connectivity index (χ4v) is 2.43. The van der Waals surface area contributed by atoms with Gasteiger partial charge in [-0.3, -0.25) is 4.79 Å². The van der Waals surface area contributed by atoms with Crippen molar-refractivity contribution < 1.29 is 13.2 Å². The number of carbonyl (C=O) groups is 1. The molecule has 0 aliphatic rings. The second kappa shape index (κ2) is 6.91. The Labute approximate surface area is 118 Å². The van der Waals surface area contributed by atoms with Gasteiger partial charge in [-0.1, -0.05) is 19.8 Å². The number of carbonyl (C=O) groups excluding carboxylic acids is 1. The van der Waals surface area contributed by atoms with Gasteiger partial charge in [-0.25, -0.2) is 8.42 Å².